The molecule has 2 heteroatoms. The Kier molecular flexibility index (Phi) is 4.34. The smallest absolute Gasteiger partial charge is 0.128 e. The topological polar surface area (TPSA) is 26.3 Å². The fourth-order valence-corrected chi connectivity index (χ4v) is 0.461. The maximum Gasteiger partial charge on any atom is 0.128 e. The van der Waals surface area contributed by atoms with Crippen LogP contribution in [0.1, 0.15) is 20.8 Å². The van der Waals surface area contributed by atoms with Crippen molar-refractivity contribution in [3.05, 3.63) is 24.5 Å². The van der Waals surface area contributed by atoms with Crippen LogP contribution >= 0.6 is 0 Å². The highest BCUT2D eigenvalue weighted by Gasteiger charge is 2.15. The minimum atomic E-state index is -0.403. The fourth-order valence-electron chi connectivity index (χ4n) is 0.461. The second-order valence-corrected chi connectivity index (χ2v) is 3.57. The highest BCUT2D eigenvalue weighted by atomic mass is 16.5. The molecule has 0 amide bonds. The van der Waals surface area contributed by atoms with Crippen molar-refractivity contribution in [1.82, 2.24) is 0 Å². The van der Waals surface area contributed by atoms with Gasteiger partial charge < -0.3 is 9.53 Å². The molecule has 0 radical (unpaired) electrons. The highest BCUT2D eigenvalue weighted by Crippen LogP contribution is 2.10. The predicted molar refractivity (Wildman–Crippen MR) is 49.8 cm³/mol. The van der Waals surface area contributed by atoms with Gasteiger partial charge in [-0.2, -0.15) is 0 Å². The molecule has 0 N–H and O–H groups in total. The molecule has 0 rings (SSSR count). The molecule has 2 nitrogen and oxygen atoms in total. The molecular formula is C10H16O2. The van der Waals surface area contributed by atoms with Crippen LogP contribution in [0.15, 0.2) is 24.5 Å². The number of carbonyl (C=O) groups excluding carboxylic acids is 1. The van der Waals surface area contributed by atoms with Gasteiger partial charge in [-0.05, 0) is 26.8 Å². The van der Waals surface area contributed by atoms with Gasteiger partial charge in [-0.15, -0.1) is 0 Å². The summed E-state index contributed by atoms with van der Waals surface area (Å²) in [7, 11) is 0. The number of rotatable bonds is 5. The molecule has 0 fully saturated rings. The molecule has 0 aliphatic heterocycles. The van der Waals surface area contributed by atoms with Gasteiger partial charge >= 0.3 is 0 Å². The summed E-state index contributed by atoms with van der Waals surface area (Å²) < 4.78 is 5.13. The lowest BCUT2D eigenvalue weighted by molar-refractivity contribution is -0.116. The Bertz CT molecular complexity index is 190. The van der Waals surface area contributed by atoms with E-state index in [0.717, 1.165) is 11.9 Å². The lowest BCUT2D eigenvalue weighted by Gasteiger charge is -2.14. The maximum absolute atomic E-state index is 10.4. The van der Waals surface area contributed by atoms with Gasteiger partial charge in [0.15, 0.2) is 0 Å². The fraction of sp³-hybridized carbons (Fsp3) is 0.500. The Labute approximate surface area is 73.9 Å². The van der Waals surface area contributed by atoms with Crippen LogP contribution in [-0.4, -0.2) is 12.9 Å². The first kappa shape index (κ1) is 11.0. The van der Waals surface area contributed by atoms with E-state index in [1.165, 1.54) is 0 Å². The zero-order valence-electron chi connectivity index (χ0n) is 7.96. The monoisotopic (exact) mass is 168 g/mol. The molecule has 0 aromatic carbocycles. The van der Waals surface area contributed by atoms with E-state index in [2.05, 4.69) is 6.58 Å². The second kappa shape index (κ2) is 4.75. The zero-order chi connectivity index (χ0) is 9.61. The van der Waals surface area contributed by atoms with Gasteiger partial charge in [0.05, 0.1) is 18.3 Å². The van der Waals surface area contributed by atoms with Gasteiger partial charge in [0, 0.05) is 0 Å². The summed E-state index contributed by atoms with van der Waals surface area (Å²) in [5.41, 5.74) is 0.526. The van der Waals surface area contributed by atoms with Crippen LogP contribution in [-0.2, 0) is 9.53 Å². The average molecular weight is 168 g/mol. The predicted octanol–water partition coefficient (Wildman–Crippen LogP) is 2.32. The number of allylic oxidation sites excluding steroid dienone is 2. The highest BCUT2D eigenvalue weighted by molar-refractivity contribution is 5.57. The number of hydrogen-bond donors (Lipinski definition) is 0. The maximum atomic E-state index is 10.4. The van der Waals surface area contributed by atoms with Crippen molar-refractivity contribution in [2.45, 2.75) is 20.8 Å². The van der Waals surface area contributed by atoms with E-state index in [0.29, 0.717) is 6.61 Å². The summed E-state index contributed by atoms with van der Waals surface area (Å²) in [5.74, 6) is 0. The molecule has 0 saturated carbocycles. The number of aldehydes is 1. The Morgan fingerprint density at radius 1 is 1.58 bits per heavy atom. The molecule has 0 aliphatic carbocycles. The molecule has 0 aromatic rings. The van der Waals surface area contributed by atoms with E-state index in [4.69, 9.17) is 4.74 Å². The summed E-state index contributed by atoms with van der Waals surface area (Å²) in [5, 5.41) is 0. The van der Waals surface area contributed by atoms with Crippen LogP contribution in [0.3, 0.4) is 0 Å². The Morgan fingerprint density at radius 3 is 2.58 bits per heavy atom. The van der Waals surface area contributed by atoms with E-state index < -0.39 is 5.41 Å². The molecule has 68 valence electrons. The average Bonchev–Trinajstić information content (AvgIpc) is 1.98. The van der Waals surface area contributed by atoms with Gasteiger partial charge in [-0.1, -0.05) is 12.2 Å². The van der Waals surface area contributed by atoms with Crippen molar-refractivity contribution < 1.29 is 9.53 Å². The Hall–Kier alpha value is -1.05. The molecule has 0 unspecified atom stereocenters. The molecular weight excluding hydrogens is 152 g/mol. The van der Waals surface area contributed by atoms with Gasteiger partial charge in [-0.25, -0.2) is 0 Å². The molecule has 12 heavy (non-hydrogen) atoms. The summed E-state index contributed by atoms with van der Waals surface area (Å²) in [4.78, 5) is 10.4. The summed E-state index contributed by atoms with van der Waals surface area (Å²) >= 11 is 0. The van der Waals surface area contributed by atoms with Crippen LogP contribution in [0.2, 0.25) is 0 Å². The van der Waals surface area contributed by atoms with Crippen molar-refractivity contribution in [3.8, 4) is 0 Å². The van der Waals surface area contributed by atoms with Crippen molar-refractivity contribution in [2.75, 3.05) is 6.61 Å². The molecule has 0 saturated heterocycles. The van der Waals surface area contributed by atoms with Crippen molar-refractivity contribution in [3.63, 3.8) is 0 Å². The first-order chi connectivity index (χ1) is 5.48. The lowest BCUT2D eigenvalue weighted by Crippen LogP contribution is -2.19. The summed E-state index contributed by atoms with van der Waals surface area (Å²) in [6.45, 7) is 9.61. The third-order valence-corrected chi connectivity index (χ3v) is 1.22. The van der Waals surface area contributed by atoms with E-state index in [1.807, 2.05) is 20.8 Å². The van der Waals surface area contributed by atoms with Crippen LogP contribution in [0, 0.1) is 5.41 Å². The van der Waals surface area contributed by atoms with Gasteiger partial charge in [0.25, 0.3) is 0 Å². The SMILES string of the molecule is C=C(C)/C=C/OCC(C)(C)C=O. The van der Waals surface area contributed by atoms with Crippen LogP contribution in [0.25, 0.3) is 0 Å². The van der Waals surface area contributed by atoms with E-state index in [1.54, 1.807) is 12.3 Å². The van der Waals surface area contributed by atoms with Crippen LogP contribution in [0.4, 0.5) is 0 Å². The number of hydrogen-bond acceptors (Lipinski definition) is 2. The minimum Gasteiger partial charge on any atom is -0.500 e. The number of ether oxygens (including phenoxy) is 1. The summed E-state index contributed by atoms with van der Waals surface area (Å²) in [6, 6.07) is 0. The normalized spacial score (nSPS) is 11.6. The molecule has 0 bridgehead atoms. The first-order valence-corrected chi connectivity index (χ1v) is 3.88. The van der Waals surface area contributed by atoms with Crippen molar-refractivity contribution in [1.29, 1.82) is 0 Å². The van der Waals surface area contributed by atoms with E-state index in [-0.39, 0.29) is 0 Å². The van der Waals surface area contributed by atoms with Crippen LogP contribution in [0.5, 0.6) is 0 Å². The van der Waals surface area contributed by atoms with Crippen LogP contribution < -0.4 is 0 Å². The minimum absolute atomic E-state index is 0.403. The second-order valence-electron chi connectivity index (χ2n) is 3.57. The largest absolute Gasteiger partial charge is 0.500 e. The number of carbonyl (C=O) groups is 1. The first-order valence-electron chi connectivity index (χ1n) is 3.88. The molecule has 0 atom stereocenters. The van der Waals surface area contributed by atoms with Gasteiger partial charge in [-0.3, -0.25) is 0 Å². The Morgan fingerprint density at radius 2 is 2.17 bits per heavy atom. The van der Waals surface area contributed by atoms with E-state index >= 15 is 0 Å². The molecule has 0 spiro atoms. The van der Waals surface area contributed by atoms with Crippen molar-refractivity contribution in [2.24, 2.45) is 5.41 Å². The third-order valence-electron chi connectivity index (χ3n) is 1.22. The van der Waals surface area contributed by atoms with Crippen molar-refractivity contribution >= 4 is 6.29 Å². The lowest BCUT2D eigenvalue weighted by atomic mass is 9.98. The molecule has 0 aromatic heterocycles. The summed E-state index contributed by atoms with van der Waals surface area (Å²) in [6.07, 6.45) is 4.22. The molecule has 0 aliphatic rings. The molecule has 0 heterocycles. The van der Waals surface area contributed by atoms with Gasteiger partial charge in [0.1, 0.15) is 6.29 Å². The third kappa shape index (κ3) is 5.71. The quantitative estimate of drug-likeness (QED) is 0.358. The zero-order valence-corrected chi connectivity index (χ0v) is 7.96. The van der Waals surface area contributed by atoms with E-state index in [9.17, 15) is 4.79 Å². The standard InChI is InChI=1S/C10H16O2/c1-9(2)5-6-12-8-10(3,4)7-11/h5-7H,1,8H2,2-4H3/b6-5+. The van der Waals surface area contributed by atoms with Gasteiger partial charge in [0.2, 0.25) is 0 Å². The Balaban J connectivity index is 3.70.